The van der Waals surface area contributed by atoms with Gasteiger partial charge in [0.25, 0.3) is 0 Å². The van der Waals surface area contributed by atoms with Gasteiger partial charge in [0.05, 0.1) is 27.9 Å². The second kappa shape index (κ2) is 10.7. The maximum atomic E-state index is 10.2. The van der Waals surface area contributed by atoms with Gasteiger partial charge in [-0.2, -0.15) is 0 Å². The van der Waals surface area contributed by atoms with Crippen LogP contribution < -0.4 is 18.9 Å². The van der Waals surface area contributed by atoms with Crippen LogP contribution in [0.4, 0.5) is 0 Å². The Bertz CT molecular complexity index is 928. The molecule has 0 saturated carbocycles. The number of hydrogen-bond acceptors (Lipinski definition) is 9. The Hall–Kier alpha value is -2.82. The Labute approximate surface area is 186 Å². The highest BCUT2D eigenvalue weighted by molar-refractivity contribution is 5.72. The van der Waals surface area contributed by atoms with Crippen LogP contribution in [0.25, 0.3) is 12.2 Å². The molecule has 5 atom stereocenters. The highest BCUT2D eigenvalue weighted by Crippen LogP contribution is 2.30. The van der Waals surface area contributed by atoms with Crippen LogP contribution in [-0.4, -0.2) is 79.1 Å². The minimum Gasteiger partial charge on any atom is -0.497 e. The van der Waals surface area contributed by atoms with E-state index in [-0.39, 0.29) is 0 Å². The third-order valence-electron chi connectivity index (χ3n) is 5.11. The fourth-order valence-corrected chi connectivity index (χ4v) is 3.32. The standard InChI is InChI=1S/C23H28O9/c1-28-15-8-14(5-4-13-6-7-17(29-2)18(10-13)30-3)9-16(11-15)31-23-22(27)21(26)20(25)19(12-24)32-23/h4-11,19-27H,12H2,1-3H3/b5-4+/t19-,20+,21+,22+,23+/m0/s1. The molecule has 9 nitrogen and oxygen atoms in total. The van der Waals surface area contributed by atoms with Crippen molar-refractivity contribution in [3.8, 4) is 23.0 Å². The summed E-state index contributed by atoms with van der Waals surface area (Å²) in [6, 6.07) is 10.6. The van der Waals surface area contributed by atoms with Crippen LogP contribution in [0.15, 0.2) is 36.4 Å². The summed E-state index contributed by atoms with van der Waals surface area (Å²) in [7, 11) is 4.64. The van der Waals surface area contributed by atoms with Gasteiger partial charge in [0.1, 0.15) is 35.9 Å². The number of benzene rings is 2. The lowest BCUT2D eigenvalue weighted by molar-refractivity contribution is -0.277. The third-order valence-corrected chi connectivity index (χ3v) is 5.11. The molecule has 0 unspecified atom stereocenters. The summed E-state index contributed by atoms with van der Waals surface area (Å²) >= 11 is 0. The summed E-state index contributed by atoms with van der Waals surface area (Å²) in [5.74, 6) is 2.04. The maximum absolute atomic E-state index is 10.2. The first kappa shape index (κ1) is 23.8. The predicted molar refractivity (Wildman–Crippen MR) is 116 cm³/mol. The number of aliphatic hydroxyl groups excluding tert-OH is 4. The number of hydrogen-bond donors (Lipinski definition) is 4. The summed E-state index contributed by atoms with van der Waals surface area (Å²) < 4.78 is 27.0. The van der Waals surface area contributed by atoms with Crippen LogP contribution in [0.5, 0.6) is 23.0 Å². The van der Waals surface area contributed by atoms with E-state index in [0.29, 0.717) is 23.0 Å². The van der Waals surface area contributed by atoms with E-state index >= 15 is 0 Å². The SMILES string of the molecule is COc1cc(/C=C/c2ccc(OC)c(OC)c2)cc(O[C@@H]2O[C@@H](CO)[C@@H](O)[C@@H](O)[C@H]2O)c1. The summed E-state index contributed by atoms with van der Waals surface area (Å²) in [4.78, 5) is 0. The maximum Gasteiger partial charge on any atom is 0.229 e. The van der Waals surface area contributed by atoms with Gasteiger partial charge in [-0.1, -0.05) is 18.2 Å². The van der Waals surface area contributed by atoms with E-state index in [2.05, 4.69) is 0 Å². The molecule has 0 bridgehead atoms. The van der Waals surface area contributed by atoms with Gasteiger partial charge in [-0.3, -0.25) is 0 Å². The lowest BCUT2D eigenvalue weighted by Gasteiger charge is -2.39. The summed E-state index contributed by atoms with van der Waals surface area (Å²) in [6.07, 6.45) is -3.14. The second-order valence-corrected chi connectivity index (χ2v) is 7.20. The molecule has 0 spiro atoms. The first-order chi connectivity index (χ1) is 15.4. The van der Waals surface area contributed by atoms with Crippen molar-refractivity contribution in [2.24, 2.45) is 0 Å². The number of rotatable bonds is 8. The molecule has 1 aliphatic rings. The lowest BCUT2D eigenvalue weighted by Crippen LogP contribution is -2.60. The molecule has 1 saturated heterocycles. The van der Waals surface area contributed by atoms with Gasteiger partial charge in [0, 0.05) is 6.07 Å². The minimum absolute atomic E-state index is 0.306. The molecule has 9 heteroatoms. The van der Waals surface area contributed by atoms with Gasteiger partial charge in [-0.05, 0) is 35.4 Å². The average molecular weight is 448 g/mol. The molecule has 2 aromatic carbocycles. The van der Waals surface area contributed by atoms with Gasteiger partial charge in [0.2, 0.25) is 6.29 Å². The Morgan fingerprint density at radius 2 is 1.47 bits per heavy atom. The first-order valence-corrected chi connectivity index (χ1v) is 9.96. The highest BCUT2D eigenvalue weighted by Gasteiger charge is 2.44. The van der Waals surface area contributed by atoms with E-state index in [1.165, 1.54) is 7.11 Å². The van der Waals surface area contributed by atoms with Crippen molar-refractivity contribution in [3.63, 3.8) is 0 Å². The van der Waals surface area contributed by atoms with Gasteiger partial charge in [-0.25, -0.2) is 0 Å². The highest BCUT2D eigenvalue weighted by atomic mass is 16.7. The van der Waals surface area contributed by atoms with Crippen LogP contribution in [0.1, 0.15) is 11.1 Å². The van der Waals surface area contributed by atoms with Gasteiger partial charge >= 0.3 is 0 Å². The topological polar surface area (TPSA) is 127 Å². The zero-order chi connectivity index (χ0) is 23.3. The fourth-order valence-electron chi connectivity index (χ4n) is 3.32. The Balaban J connectivity index is 1.82. The first-order valence-electron chi connectivity index (χ1n) is 9.96. The molecule has 1 fully saturated rings. The van der Waals surface area contributed by atoms with Crippen molar-refractivity contribution in [1.29, 1.82) is 0 Å². The zero-order valence-corrected chi connectivity index (χ0v) is 18.0. The molecule has 1 heterocycles. The molecule has 0 radical (unpaired) electrons. The van der Waals surface area contributed by atoms with Crippen LogP contribution in [0.2, 0.25) is 0 Å². The molecule has 1 aliphatic heterocycles. The third kappa shape index (κ3) is 5.32. The second-order valence-electron chi connectivity index (χ2n) is 7.20. The average Bonchev–Trinajstić information content (AvgIpc) is 2.82. The zero-order valence-electron chi connectivity index (χ0n) is 18.0. The van der Waals surface area contributed by atoms with Crippen molar-refractivity contribution >= 4 is 12.2 Å². The summed E-state index contributed by atoms with van der Waals surface area (Å²) in [6.45, 7) is -0.539. The molecule has 2 aromatic rings. The van der Waals surface area contributed by atoms with E-state index in [1.54, 1.807) is 38.5 Å². The van der Waals surface area contributed by atoms with Crippen LogP contribution in [-0.2, 0) is 4.74 Å². The van der Waals surface area contributed by atoms with Gasteiger partial charge < -0.3 is 44.1 Å². The molecule has 32 heavy (non-hydrogen) atoms. The van der Waals surface area contributed by atoms with Crippen LogP contribution in [0, 0.1) is 0 Å². The van der Waals surface area contributed by atoms with Crippen molar-refractivity contribution in [3.05, 3.63) is 47.5 Å². The number of methoxy groups -OCH3 is 3. The van der Waals surface area contributed by atoms with E-state index in [0.717, 1.165) is 11.1 Å². The van der Waals surface area contributed by atoms with E-state index in [9.17, 15) is 20.4 Å². The lowest BCUT2D eigenvalue weighted by atomic mass is 9.99. The minimum atomic E-state index is -1.53. The molecular formula is C23H28O9. The Morgan fingerprint density at radius 1 is 0.781 bits per heavy atom. The predicted octanol–water partition coefficient (Wildman–Crippen LogP) is 1.06. The molecule has 0 aliphatic carbocycles. The molecule has 4 N–H and O–H groups in total. The van der Waals surface area contributed by atoms with Crippen LogP contribution in [0.3, 0.4) is 0 Å². The van der Waals surface area contributed by atoms with Gasteiger partial charge in [-0.15, -0.1) is 0 Å². The molecule has 0 amide bonds. The normalized spacial score (nSPS) is 25.5. The largest absolute Gasteiger partial charge is 0.497 e. The summed E-state index contributed by atoms with van der Waals surface area (Å²) in [5.41, 5.74) is 1.61. The van der Waals surface area contributed by atoms with Crippen molar-refractivity contribution in [1.82, 2.24) is 0 Å². The van der Waals surface area contributed by atoms with Crippen molar-refractivity contribution in [2.45, 2.75) is 30.7 Å². The Kier molecular flexibility index (Phi) is 7.94. The van der Waals surface area contributed by atoms with Crippen LogP contribution >= 0.6 is 0 Å². The van der Waals surface area contributed by atoms with E-state index < -0.39 is 37.3 Å². The monoisotopic (exact) mass is 448 g/mol. The Morgan fingerprint density at radius 3 is 2.12 bits per heavy atom. The van der Waals surface area contributed by atoms with Crippen molar-refractivity contribution < 1.29 is 44.1 Å². The molecule has 0 aromatic heterocycles. The van der Waals surface area contributed by atoms with E-state index in [1.807, 2.05) is 24.3 Å². The fraction of sp³-hybridized carbons (Fsp3) is 0.391. The van der Waals surface area contributed by atoms with E-state index in [4.69, 9.17) is 23.7 Å². The quantitative estimate of drug-likeness (QED) is 0.439. The summed E-state index contributed by atoms with van der Waals surface area (Å²) in [5, 5.41) is 39.4. The molecule has 174 valence electrons. The number of aliphatic hydroxyl groups is 4. The van der Waals surface area contributed by atoms with Crippen molar-refractivity contribution in [2.75, 3.05) is 27.9 Å². The van der Waals surface area contributed by atoms with Gasteiger partial charge in [0.15, 0.2) is 11.5 Å². The molecular weight excluding hydrogens is 420 g/mol. The smallest absolute Gasteiger partial charge is 0.229 e. The number of ether oxygens (including phenoxy) is 5. The molecule has 3 rings (SSSR count).